The fourth-order valence-corrected chi connectivity index (χ4v) is 4.56. The van der Waals surface area contributed by atoms with Crippen LogP contribution in [0.4, 0.5) is 0 Å². The van der Waals surface area contributed by atoms with Gasteiger partial charge in [-0.25, -0.2) is 13.4 Å². The Kier molecular flexibility index (Phi) is 5.55. The van der Waals surface area contributed by atoms with Crippen LogP contribution in [0.15, 0.2) is 48.0 Å². The number of nitrogens with one attached hydrogen (secondary N) is 1. The molecule has 1 aliphatic rings. The molecule has 8 heteroatoms. The third-order valence-electron chi connectivity index (χ3n) is 4.95. The predicted molar refractivity (Wildman–Crippen MR) is 107 cm³/mol. The molecule has 7 nitrogen and oxygen atoms in total. The van der Waals surface area contributed by atoms with Crippen LogP contribution < -0.4 is 5.32 Å². The zero-order valence-corrected chi connectivity index (χ0v) is 16.9. The summed E-state index contributed by atoms with van der Waals surface area (Å²) < 4.78 is 25.6. The lowest BCUT2D eigenvalue weighted by molar-refractivity contribution is 0.353. The maximum absolute atomic E-state index is 12.2. The first-order chi connectivity index (χ1) is 12.8. The van der Waals surface area contributed by atoms with Crippen molar-refractivity contribution < 1.29 is 8.42 Å². The predicted octanol–water partition coefficient (Wildman–Crippen LogP) is 1.52. The first-order valence-electron chi connectivity index (χ1n) is 9.02. The number of hydrogen-bond donors (Lipinski definition) is 1. The van der Waals surface area contributed by atoms with E-state index in [1.54, 1.807) is 33.4 Å². The Labute approximate surface area is 161 Å². The van der Waals surface area contributed by atoms with E-state index in [9.17, 15) is 8.42 Å². The van der Waals surface area contributed by atoms with Crippen molar-refractivity contribution in [2.45, 2.75) is 31.7 Å². The fraction of sp³-hybridized carbons (Fsp3) is 0.474. The van der Waals surface area contributed by atoms with Gasteiger partial charge in [0, 0.05) is 45.6 Å². The molecule has 1 fully saturated rings. The number of imidazole rings is 1. The molecular formula is C19H27N5O2S. The number of rotatable bonds is 4. The van der Waals surface area contributed by atoms with E-state index in [-0.39, 0.29) is 5.75 Å². The summed E-state index contributed by atoms with van der Waals surface area (Å²) in [6, 6.07) is 8.40. The van der Waals surface area contributed by atoms with Crippen molar-refractivity contribution in [1.82, 2.24) is 19.8 Å². The van der Waals surface area contributed by atoms with Crippen LogP contribution in [0, 0.1) is 0 Å². The maximum atomic E-state index is 12.2. The maximum Gasteiger partial charge on any atom is 0.193 e. The lowest BCUT2D eigenvalue weighted by Crippen LogP contribution is -2.57. The van der Waals surface area contributed by atoms with Gasteiger partial charge in [0.05, 0.1) is 16.8 Å². The van der Waals surface area contributed by atoms with Gasteiger partial charge >= 0.3 is 0 Å². The first kappa shape index (κ1) is 19.4. The van der Waals surface area contributed by atoms with E-state index in [0.29, 0.717) is 19.6 Å². The van der Waals surface area contributed by atoms with E-state index in [4.69, 9.17) is 0 Å². The molecule has 3 rings (SSSR count). The lowest BCUT2D eigenvalue weighted by Gasteiger charge is -2.39. The van der Waals surface area contributed by atoms with Gasteiger partial charge in [-0.2, -0.15) is 0 Å². The van der Waals surface area contributed by atoms with Gasteiger partial charge < -0.3 is 14.8 Å². The first-order valence-corrected chi connectivity index (χ1v) is 10.7. The number of benzene rings is 1. The minimum Gasteiger partial charge on any atom is -0.352 e. The van der Waals surface area contributed by atoms with Crippen LogP contribution >= 0.6 is 0 Å². The molecule has 0 amide bonds. The number of hydrogen-bond acceptors (Lipinski definition) is 4. The van der Waals surface area contributed by atoms with Gasteiger partial charge in [-0.3, -0.25) is 4.99 Å². The smallest absolute Gasteiger partial charge is 0.193 e. The van der Waals surface area contributed by atoms with Gasteiger partial charge in [0.25, 0.3) is 0 Å². The SMILES string of the molecule is CN=C(NCc1ccc(Cn2ccnc2)cc1)N1CCS(=O)(=O)C(C)(C)C1. The van der Waals surface area contributed by atoms with E-state index in [0.717, 1.165) is 18.1 Å². The van der Waals surface area contributed by atoms with Crippen molar-refractivity contribution in [3.05, 3.63) is 54.1 Å². The molecule has 0 atom stereocenters. The monoisotopic (exact) mass is 389 g/mol. The molecule has 146 valence electrons. The van der Waals surface area contributed by atoms with Crippen LogP contribution in [0.25, 0.3) is 0 Å². The van der Waals surface area contributed by atoms with Crippen LogP contribution in [-0.2, 0) is 22.9 Å². The minimum absolute atomic E-state index is 0.156. The summed E-state index contributed by atoms with van der Waals surface area (Å²) >= 11 is 0. The van der Waals surface area contributed by atoms with Gasteiger partial charge in [0.1, 0.15) is 0 Å². The van der Waals surface area contributed by atoms with E-state index < -0.39 is 14.6 Å². The van der Waals surface area contributed by atoms with Crippen molar-refractivity contribution >= 4 is 15.8 Å². The average molecular weight is 390 g/mol. The normalized spacial score (nSPS) is 19.1. The van der Waals surface area contributed by atoms with E-state index >= 15 is 0 Å². The quantitative estimate of drug-likeness (QED) is 0.633. The summed E-state index contributed by atoms with van der Waals surface area (Å²) in [5.41, 5.74) is 2.36. The topological polar surface area (TPSA) is 79.6 Å². The van der Waals surface area contributed by atoms with E-state index in [1.807, 2.05) is 15.7 Å². The van der Waals surface area contributed by atoms with Crippen LogP contribution in [-0.4, -0.2) is 59.5 Å². The van der Waals surface area contributed by atoms with Gasteiger partial charge in [0.2, 0.25) is 0 Å². The Balaban J connectivity index is 1.58. The second-order valence-electron chi connectivity index (χ2n) is 7.45. The van der Waals surface area contributed by atoms with Crippen molar-refractivity contribution in [2.75, 3.05) is 25.9 Å². The second-order valence-corrected chi connectivity index (χ2v) is 10.2. The van der Waals surface area contributed by atoms with Gasteiger partial charge in [-0.1, -0.05) is 24.3 Å². The van der Waals surface area contributed by atoms with Crippen LogP contribution in [0.2, 0.25) is 0 Å². The third-order valence-corrected chi connectivity index (χ3v) is 7.49. The Morgan fingerprint density at radius 1 is 1.26 bits per heavy atom. The molecule has 2 heterocycles. The van der Waals surface area contributed by atoms with Crippen LogP contribution in [0.1, 0.15) is 25.0 Å². The number of aromatic nitrogens is 2. The molecule has 1 saturated heterocycles. The number of aliphatic imine (C=N–C) groups is 1. The Bertz CT molecular complexity index is 887. The summed E-state index contributed by atoms with van der Waals surface area (Å²) in [5, 5.41) is 3.35. The highest BCUT2D eigenvalue weighted by atomic mass is 32.2. The molecule has 0 aliphatic carbocycles. The van der Waals surface area contributed by atoms with Crippen molar-refractivity contribution in [3.63, 3.8) is 0 Å². The highest BCUT2D eigenvalue weighted by Gasteiger charge is 2.40. The number of nitrogens with zero attached hydrogens (tertiary/aromatic N) is 4. The molecule has 27 heavy (non-hydrogen) atoms. The summed E-state index contributed by atoms with van der Waals surface area (Å²) in [4.78, 5) is 10.4. The summed E-state index contributed by atoms with van der Waals surface area (Å²) in [5.74, 6) is 0.893. The van der Waals surface area contributed by atoms with Crippen molar-refractivity contribution in [3.8, 4) is 0 Å². The molecular weight excluding hydrogens is 362 g/mol. The van der Waals surface area contributed by atoms with Crippen molar-refractivity contribution in [2.24, 2.45) is 4.99 Å². The summed E-state index contributed by atoms with van der Waals surface area (Å²) in [7, 11) is -1.33. The molecule has 1 aromatic heterocycles. The lowest BCUT2D eigenvalue weighted by atomic mass is 10.1. The van der Waals surface area contributed by atoms with Crippen molar-refractivity contribution in [1.29, 1.82) is 0 Å². The molecule has 0 unspecified atom stereocenters. The molecule has 0 saturated carbocycles. The molecule has 0 bridgehead atoms. The van der Waals surface area contributed by atoms with E-state index in [1.165, 1.54) is 5.56 Å². The molecule has 0 spiro atoms. The minimum atomic E-state index is -3.06. The summed E-state index contributed by atoms with van der Waals surface area (Å²) in [6.07, 6.45) is 5.52. The average Bonchev–Trinajstić information content (AvgIpc) is 3.13. The molecule has 1 aromatic carbocycles. The Hall–Kier alpha value is -2.35. The second kappa shape index (κ2) is 7.72. The van der Waals surface area contributed by atoms with Gasteiger partial charge in [-0.15, -0.1) is 0 Å². The zero-order chi connectivity index (χ0) is 19.5. The number of sulfone groups is 1. The molecule has 0 radical (unpaired) electrons. The van der Waals surface area contributed by atoms with Gasteiger partial charge in [0.15, 0.2) is 15.8 Å². The Morgan fingerprint density at radius 2 is 1.96 bits per heavy atom. The molecule has 1 N–H and O–H groups in total. The fourth-order valence-electron chi connectivity index (χ4n) is 3.19. The Morgan fingerprint density at radius 3 is 2.56 bits per heavy atom. The van der Waals surface area contributed by atoms with Gasteiger partial charge in [-0.05, 0) is 25.0 Å². The molecule has 1 aliphatic heterocycles. The highest BCUT2D eigenvalue weighted by Crippen LogP contribution is 2.23. The highest BCUT2D eigenvalue weighted by molar-refractivity contribution is 7.92. The number of guanidine groups is 1. The molecule has 2 aromatic rings. The largest absolute Gasteiger partial charge is 0.352 e. The third kappa shape index (κ3) is 4.50. The zero-order valence-electron chi connectivity index (χ0n) is 16.1. The summed E-state index contributed by atoms with van der Waals surface area (Å²) in [6.45, 7) is 5.91. The van der Waals surface area contributed by atoms with E-state index in [2.05, 4.69) is 39.6 Å². The van der Waals surface area contributed by atoms with Crippen LogP contribution in [0.5, 0.6) is 0 Å². The van der Waals surface area contributed by atoms with Crippen LogP contribution in [0.3, 0.4) is 0 Å². The standard InChI is InChI=1S/C19H27N5O2S/c1-19(2)14-24(10-11-27(19,25)26)18(20-3)22-12-16-4-6-17(7-5-16)13-23-9-8-21-15-23/h4-9,15H,10-14H2,1-3H3,(H,20,22).